The Labute approximate surface area is 136 Å². The highest BCUT2D eigenvalue weighted by Crippen LogP contribution is 2.78. The van der Waals surface area contributed by atoms with Crippen molar-refractivity contribution in [3.8, 4) is 0 Å². The fourth-order valence-electron chi connectivity index (χ4n) is 5.40. The number of methoxy groups -OCH3 is 1. The molecule has 2 bridgehead atoms. The first-order valence-corrected chi connectivity index (χ1v) is 8.29. The van der Waals surface area contributed by atoms with Gasteiger partial charge in [-0.15, -0.1) is 0 Å². The van der Waals surface area contributed by atoms with Gasteiger partial charge in [0.2, 0.25) is 0 Å². The average Bonchev–Trinajstić information content (AvgIpc) is 3.23. The summed E-state index contributed by atoms with van der Waals surface area (Å²) in [5.41, 5.74) is 0.821. The van der Waals surface area contributed by atoms with E-state index in [1.807, 2.05) is 24.3 Å². The third-order valence-corrected chi connectivity index (χ3v) is 6.26. The molecule has 120 valence electrons. The van der Waals surface area contributed by atoms with Gasteiger partial charge in [-0.2, -0.15) is 0 Å². The Morgan fingerprint density at radius 3 is 2.39 bits per heavy atom. The van der Waals surface area contributed by atoms with Crippen LogP contribution in [0.4, 0.5) is 0 Å². The molecule has 3 aliphatic rings. The van der Waals surface area contributed by atoms with Crippen molar-refractivity contribution >= 4 is 17.3 Å². The molecule has 0 amide bonds. The van der Waals surface area contributed by atoms with Gasteiger partial charge in [0.15, 0.2) is 11.2 Å². The lowest BCUT2D eigenvalue weighted by atomic mass is 9.53. The van der Waals surface area contributed by atoms with E-state index in [4.69, 9.17) is 4.74 Å². The first kappa shape index (κ1) is 14.7. The molecule has 2 fully saturated rings. The number of hydrogen-bond acceptors (Lipinski definition) is 3. The fraction of sp³-hybridized carbons (Fsp3) is 0.500. The number of hydrogen-bond donors (Lipinski definition) is 0. The van der Waals surface area contributed by atoms with E-state index in [1.165, 1.54) is 7.11 Å². The van der Waals surface area contributed by atoms with Crippen LogP contribution < -0.4 is 0 Å². The summed E-state index contributed by atoms with van der Waals surface area (Å²) < 4.78 is 5.10. The second-order valence-electron chi connectivity index (χ2n) is 7.94. The van der Waals surface area contributed by atoms with E-state index in [9.17, 15) is 9.59 Å². The summed E-state index contributed by atoms with van der Waals surface area (Å²) in [5, 5.41) is 0. The number of rotatable bonds is 2. The standard InChI is InChI=1S/C20H22O3/c1-18(2)12-15(21)20(17(22)23-3)11-14(13-7-5-4-6-8-13)16(18)19(20)9-10-19/h4-8,11,16H,9-10,12H2,1-3H3/t16-,20+/m1/s1. The van der Waals surface area contributed by atoms with Crippen LogP contribution in [-0.2, 0) is 14.3 Å². The van der Waals surface area contributed by atoms with Crippen molar-refractivity contribution in [2.24, 2.45) is 22.2 Å². The highest BCUT2D eigenvalue weighted by molar-refractivity contribution is 6.12. The Hall–Kier alpha value is -1.90. The van der Waals surface area contributed by atoms with E-state index in [1.54, 1.807) is 0 Å². The number of carbonyl (C=O) groups excluding carboxylic acids is 2. The molecule has 2 saturated carbocycles. The van der Waals surface area contributed by atoms with Crippen LogP contribution in [-0.4, -0.2) is 18.9 Å². The van der Waals surface area contributed by atoms with E-state index >= 15 is 0 Å². The fourth-order valence-corrected chi connectivity index (χ4v) is 5.40. The van der Waals surface area contributed by atoms with Gasteiger partial charge < -0.3 is 4.74 Å². The second-order valence-corrected chi connectivity index (χ2v) is 7.94. The van der Waals surface area contributed by atoms with Crippen LogP contribution in [0.25, 0.3) is 5.57 Å². The number of ketones is 1. The van der Waals surface area contributed by atoms with Crippen molar-refractivity contribution in [1.82, 2.24) is 0 Å². The maximum absolute atomic E-state index is 13.1. The topological polar surface area (TPSA) is 43.4 Å². The Kier molecular flexibility index (Phi) is 2.77. The Balaban J connectivity index is 1.98. The lowest BCUT2D eigenvalue weighted by Crippen LogP contribution is -2.54. The van der Waals surface area contributed by atoms with Crippen molar-refractivity contribution < 1.29 is 14.3 Å². The zero-order chi connectivity index (χ0) is 16.5. The van der Waals surface area contributed by atoms with Crippen molar-refractivity contribution in [3.05, 3.63) is 42.0 Å². The Morgan fingerprint density at radius 2 is 1.83 bits per heavy atom. The molecule has 0 aromatic heterocycles. The quantitative estimate of drug-likeness (QED) is 0.619. The highest BCUT2D eigenvalue weighted by Gasteiger charge is 2.78. The van der Waals surface area contributed by atoms with E-state index in [-0.39, 0.29) is 28.5 Å². The number of ether oxygens (including phenoxy) is 1. The maximum Gasteiger partial charge on any atom is 0.323 e. The molecule has 23 heavy (non-hydrogen) atoms. The molecule has 0 N–H and O–H groups in total. The van der Waals surface area contributed by atoms with Gasteiger partial charge >= 0.3 is 5.97 Å². The highest BCUT2D eigenvalue weighted by atomic mass is 16.5. The van der Waals surface area contributed by atoms with Crippen LogP contribution >= 0.6 is 0 Å². The van der Waals surface area contributed by atoms with Crippen molar-refractivity contribution in [2.45, 2.75) is 33.1 Å². The average molecular weight is 310 g/mol. The third-order valence-electron chi connectivity index (χ3n) is 6.26. The minimum atomic E-state index is -1.06. The van der Waals surface area contributed by atoms with Crippen molar-refractivity contribution in [1.29, 1.82) is 0 Å². The molecule has 3 aliphatic carbocycles. The largest absolute Gasteiger partial charge is 0.468 e. The van der Waals surface area contributed by atoms with E-state index in [0.717, 1.165) is 24.0 Å². The molecule has 1 aromatic rings. The lowest BCUT2D eigenvalue weighted by molar-refractivity contribution is -0.165. The zero-order valence-corrected chi connectivity index (χ0v) is 13.9. The minimum absolute atomic E-state index is 0.0361. The molecule has 0 radical (unpaired) electrons. The van der Waals surface area contributed by atoms with Crippen molar-refractivity contribution in [3.63, 3.8) is 0 Å². The Morgan fingerprint density at radius 1 is 1.17 bits per heavy atom. The van der Waals surface area contributed by atoms with Crippen LogP contribution in [0, 0.1) is 22.2 Å². The molecule has 2 atom stereocenters. The van der Waals surface area contributed by atoms with Crippen molar-refractivity contribution in [2.75, 3.05) is 7.11 Å². The van der Waals surface area contributed by atoms with E-state index < -0.39 is 5.41 Å². The van der Waals surface area contributed by atoms with Gasteiger partial charge in [-0.25, -0.2) is 0 Å². The summed E-state index contributed by atoms with van der Waals surface area (Å²) in [5.74, 6) is -0.102. The zero-order valence-electron chi connectivity index (χ0n) is 13.9. The van der Waals surface area contributed by atoms with Crippen LogP contribution in [0.5, 0.6) is 0 Å². The van der Waals surface area contributed by atoms with Gasteiger partial charge in [-0.1, -0.05) is 50.3 Å². The van der Waals surface area contributed by atoms with Gasteiger partial charge in [-0.05, 0) is 35.3 Å². The lowest BCUT2D eigenvalue weighted by Gasteiger charge is -2.47. The van der Waals surface area contributed by atoms with Gasteiger partial charge in [0, 0.05) is 11.8 Å². The second kappa shape index (κ2) is 4.34. The number of carbonyl (C=O) groups is 2. The molecule has 0 heterocycles. The van der Waals surface area contributed by atoms with Gasteiger partial charge in [0.05, 0.1) is 7.11 Å². The summed E-state index contributed by atoms with van der Waals surface area (Å²) in [6.45, 7) is 4.33. The number of allylic oxidation sites excluding steroid dienone is 1. The number of benzene rings is 1. The maximum atomic E-state index is 13.1. The molecular weight excluding hydrogens is 288 g/mol. The number of esters is 1. The van der Waals surface area contributed by atoms with E-state index in [0.29, 0.717) is 6.42 Å². The first-order chi connectivity index (χ1) is 10.9. The number of Topliss-reactive ketones (excluding diaryl/α,β-unsaturated/α-hetero) is 1. The van der Waals surface area contributed by atoms with Gasteiger partial charge in [0.1, 0.15) is 0 Å². The molecular formula is C20H22O3. The summed E-state index contributed by atoms with van der Waals surface area (Å²) in [6.07, 6.45) is 4.24. The third kappa shape index (κ3) is 1.60. The van der Waals surface area contributed by atoms with Crippen LogP contribution in [0.15, 0.2) is 36.4 Å². The Bertz CT molecular complexity index is 725. The molecule has 1 aromatic carbocycles. The summed E-state index contributed by atoms with van der Waals surface area (Å²) in [6, 6.07) is 10.2. The molecule has 1 spiro atoms. The smallest absolute Gasteiger partial charge is 0.323 e. The normalized spacial score (nSPS) is 32.6. The predicted octanol–water partition coefficient (Wildman–Crippen LogP) is 3.64. The monoisotopic (exact) mass is 310 g/mol. The van der Waals surface area contributed by atoms with E-state index in [2.05, 4.69) is 26.0 Å². The molecule has 0 aliphatic heterocycles. The molecule has 4 rings (SSSR count). The minimum Gasteiger partial charge on any atom is -0.468 e. The molecule has 3 nitrogen and oxygen atoms in total. The first-order valence-electron chi connectivity index (χ1n) is 8.29. The van der Waals surface area contributed by atoms with Crippen LogP contribution in [0.2, 0.25) is 0 Å². The molecule has 3 heteroatoms. The summed E-state index contributed by atoms with van der Waals surface area (Å²) >= 11 is 0. The summed E-state index contributed by atoms with van der Waals surface area (Å²) in [4.78, 5) is 25.8. The molecule has 0 unspecified atom stereocenters. The van der Waals surface area contributed by atoms with Gasteiger partial charge in [-0.3, -0.25) is 9.59 Å². The van der Waals surface area contributed by atoms with Crippen LogP contribution in [0.1, 0.15) is 38.7 Å². The summed E-state index contributed by atoms with van der Waals surface area (Å²) in [7, 11) is 1.39. The SMILES string of the molecule is COC(=O)[C@]12C=C(c3ccccc3)[C@H](C(C)(C)CC1=O)C21CC1. The predicted molar refractivity (Wildman–Crippen MR) is 87.4 cm³/mol. The van der Waals surface area contributed by atoms with Gasteiger partial charge in [0.25, 0.3) is 0 Å². The molecule has 0 saturated heterocycles. The van der Waals surface area contributed by atoms with Crippen LogP contribution in [0.3, 0.4) is 0 Å².